The van der Waals surface area contributed by atoms with Crippen molar-refractivity contribution in [1.82, 2.24) is 20.4 Å². The van der Waals surface area contributed by atoms with Crippen LogP contribution in [0, 0.1) is 11.8 Å². The van der Waals surface area contributed by atoms with E-state index in [9.17, 15) is 8.42 Å². The van der Waals surface area contributed by atoms with Crippen molar-refractivity contribution in [2.45, 2.75) is 75.5 Å². The molecule has 4 aromatic heterocycles. The molecule has 0 radical (unpaired) electrons. The molecule has 8 rings (SSSR count). The molecule has 0 spiro atoms. The molecule has 252 valence electrons. The number of anilines is 1. The van der Waals surface area contributed by atoms with E-state index in [1.165, 1.54) is 12.7 Å². The Morgan fingerprint density at radius 1 is 1.15 bits per heavy atom. The summed E-state index contributed by atoms with van der Waals surface area (Å²) in [6.07, 6.45) is 8.46. The highest BCUT2D eigenvalue weighted by atomic mass is 32.2. The third-order valence-electron chi connectivity index (χ3n) is 10.2. The van der Waals surface area contributed by atoms with Crippen LogP contribution < -0.4 is 10.7 Å². The molecule has 3 unspecified atom stereocenters. The molecule has 7 heterocycles. The number of aromatic nitrogens is 3. The Morgan fingerprint density at radius 3 is 2.79 bits per heavy atom. The Bertz CT molecular complexity index is 2010. The summed E-state index contributed by atoms with van der Waals surface area (Å²) in [6, 6.07) is 8.28. The Hall–Kier alpha value is -3.81. The highest BCUT2D eigenvalue weighted by Gasteiger charge is 2.44. The van der Waals surface area contributed by atoms with E-state index in [4.69, 9.17) is 24.2 Å². The molecule has 0 aromatic carbocycles. The highest BCUT2D eigenvalue weighted by molar-refractivity contribution is 7.92. The van der Waals surface area contributed by atoms with Gasteiger partial charge in [-0.3, -0.25) is 15.4 Å². The molecule has 0 amide bonds. The maximum atomic E-state index is 14.2. The van der Waals surface area contributed by atoms with Gasteiger partial charge in [0, 0.05) is 53.2 Å². The number of sulfone groups is 1. The molecule has 1 fully saturated rings. The molecular weight excluding hydrogens is 649 g/mol. The molecule has 11 nitrogen and oxygen atoms in total. The fraction of sp³-hybridized carbons (Fsp3) is 0.486. The number of nitrogens with zero attached hydrogens (tertiary/aromatic N) is 4. The first-order valence-electron chi connectivity index (χ1n) is 16.8. The maximum Gasteiger partial charge on any atom is 0.407 e. The predicted molar refractivity (Wildman–Crippen MR) is 185 cm³/mol. The normalized spacial score (nSPS) is 23.1. The Kier molecular flexibility index (Phi) is 8.24. The van der Waals surface area contributed by atoms with Crippen LogP contribution in [0.25, 0.3) is 20.5 Å². The van der Waals surface area contributed by atoms with Gasteiger partial charge in [0.15, 0.2) is 9.84 Å². The van der Waals surface area contributed by atoms with E-state index in [-0.39, 0.29) is 29.7 Å². The van der Waals surface area contributed by atoms with Crippen LogP contribution in [0.5, 0.6) is 0 Å². The lowest BCUT2D eigenvalue weighted by molar-refractivity contribution is 0.0638. The van der Waals surface area contributed by atoms with Gasteiger partial charge in [-0.25, -0.2) is 13.4 Å². The van der Waals surface area contributed by atoms with Crippen molar-refractivity contribution < 1.29 is 22.6 Å². The number of methoxy groups -OCH3 is 1. The lowest BCUT2D eigenvalue weighted by Gasteiger charge is -2.25. The average molecular weight is 689 g/mol. The van der Waals surface area contributed by atoms with E-state index in [0.717, 1.165) is 77.5 Å². The second kappa shape index (κ2) is 12.6. The summed E-state index contributed by atoms with van der Waals surface area (Å²) in [5.74, 6) is 1.23. The number of hydrazone groups is 1. The fourth-order valence-corrected chi connectivity index (χ4v) is 11.1. The van der Waals surface area contributed by atoms with Crippen LogP contribution in [0.15, 0.2) is 46.7 Å². The molecule has 3 aliphatic heterocycles. The van der Waals surface area contributed by atoms with Gasteiger partial charge in [-0.15, -0.1) is 16.4 Å². The molecule has 4 aromatic rings. The van der Waals surface area contributed by atoms with E-state index >= 15 is 0 Å². The summed E-state index contributed by atoms with van der Waals surface area (Å²) >= 11 is 1.55. The summed E-state index contributed by atoms with van der Waals surface area (Å²) in [5, 5.41) is 8.93. The zero-order valence-corrected chi connectivity index (χ0v) is 29.0. The van der Waals surface area contributed by atoms with Crippen LogP contribution in [0.1, 0.15) is 85.9 Å². The van der Waals surface area contributed by atoms with Crippen LogP contribution in [-0.2, 0) is 36.9 Å². The van der Waals surface area contributed by atoms with Crippen LogP contribution in [0.2, 0.25) is 0 Å². The quantitative estimate of drug-likeness (QED) is 0.218. The van der Waals surface area contributed by atoms with Gasteiger partial charge in [0.1, 0.15) is 5.82 Å². The molecule has 1 saturated heterocycles. The number of ether oxygens (including phenoxy) is 3. The van der Waals surface area contributed by atoms with Crippen LogP contribution >= 0.6 is 11.3 Å². The summed E-state index contributed by atoms with van der Waals surface area (Å²) in [7, 11) is -2.16. The third-order valence-corrected chi connectivity index (χ3v) is 13.2. The van der Waals surface area contributed by atoms with Crippen LogP contribution in [0.4, 0.5) is 5.82 Å². The zero-order valence-electron chi connectivity index (χ0n) is 27.4. The Balaban J connectivity index is 1.29. The van der Waals surface area contributed by atoms with Crippen molar-refractivity contribution in [3.05, 3.63) is 64.9 Å². The minimum Gasteiger partial charge on any atom is -0.453 e. The molecule has 1 aliphatic carbocycles. The number of rotatable bonds is 8. The number of pyridine rings is 3. The van der Waals surface area contributed by atoms with Gasteiger partial charge in [0.2, 0.25) is 6.23 Å². The average Bonchev–Trinajstić information content (AvgIpc) is 3.89. The van der Waals surface area contributed by atoms with Gasteiger partial charge in [0.25, 0.3) is 0 Å². The van der Waals surface area contributed by atoms with Gasteiger partial charge in [0.05, 0.1) is 39.9 Å². The van der Waals surface area contributed by atoms with Crippen molar-refractivity contribution in [2.75, 3.05) is 31.4 Å². The van der Waals surface area contributed by atoms with Gasteiger partial charge in [-0.05, 0) is 79.5 Å². The molecule has 4 aliphatic rings. The third kappa shape index (κ3) is 5.59. The number of fused-ring (bicyclic) bond motifs is 3. The molecule has 3 atom stereocenters. The molecule has 0 bridgehead atoms. The first kappa shape index (κ1) is 31.5. The minimum atomic E-state index is -3.66. The Labute approximate surface area is 284 Å². The lowest BCUT2D eigenvalue weighted by Crippen LogP contribution is -2.21. The van der Waals surface area contributed by atoms with Crippen molar-refractivity contribution in [3.63, 3.8) is 0 Å². The van der Waals surface area contributed by atoms with Crippen molar-refractivity contribution in [3.8, 4) is 10.4 Å². The van der Waals surface area contributed by atoms with Crippen molar-refractivity contribution in [2.24, 2.45) is 16.9 Å². The maximum absolute atomic E-state index is 14.2. The summed E-state index contributed by atoms with van der Waals surface area (Å²) < 4.78 is 46.5. The van der Waals surface area contributed by atoms with Crippen LogP contribution in [0.3, 0.4) is 0 Å². The van der Waals surface area contributed by atoms with E-state index in [1.807, 2.05) is 24.5 Å². The number of aryl methyl sites for hydroxylation is 2. The number of hydrogen-bond acceptors (Lipinski definition) is 12. The first-order chi connectivity index (χ1) is 23.3. The number of nitrogens with one attached hydrogen (secondary N) is 2. The van der Waals surface area contributed by atoms with Gasteiger partial charge >= 0.3 is 6.08 Å². The van der Waals surface area contributed by atoms with E-state index in [0.29, 0.717) is 34.1 Å². The number of thiophene rings is 1. The molecule has 48 heavy (non-hydrogen) atoms. The minimum absolute atomic E-state index is 0.0377. The topological polar surface area (TPSA) is 137 Å². The zero-order chi connectivity index (χ0) is 33.0. The monoisotopic (exact) mass is 688 g/mol. The van der Waals surface area contributed by atoms with Crippen LogP contribution in [-0.4, -0.2) is 55.5 Å². The smallest absolute Gasteiger partial charge is 0.407 e. The second-order valence-corrected chi connectivity index (χ2v) is 16.5. The van der Waals surface area contributed by atoms with Gasteiger partial charge < -0.3 is 19.5 Å². The lowest BCUT2D eigenvalue weighted by atomic mass is 9.89. The van der Waals surface area contributed by atoms with E-state index in [1.54, 1.807) is 11.3 Å². The first-order valence-corrected chi connectivity index (χ1v) is 19.3. The summed E-state index contributed by atoms with van der Waals surface area (Å²) in [6.45, 7) is 5.68. The molecule has 2 N–H and O–H groups in total. The van der Waals surface area contributed by atoms with Gasteiger partial charge in [-0.2, -0.15) is 0 Å². The fourth-order valence-electron chi connectivity index (χ4n) is 7.62. The van der Waals surface area contributed by atoms with Crippen molar-refractivity contribution in [1.29, 1.82) is 0 Å². The molecule has 13 heteroatoms. The summed E-state index contributed by atoms with van der Waals surface area (Å²) in [5.41, 5.74) is 8.25. The predicted octanol–water partition coefficient (Wildman–Crippen LogP) is 6.27. The Morgan fingerprint density at radius 2 is 2.00 bits per heavy atom. The largest absolute Gasteiger partial charge is 0.453 e. The number of hydrogen-bond donors (Lipinski definition) is 2. The van der Waals surface area contributed by atoms with E-state index in [2.05, 4.69) is 46.8 Å². The second-order valence-electron chi connectivity index (χ2n) is 13.5. The van der Waals surface area contributed by atoms with Gasteiger partial charge in [-0.1, -0.05) is 19.9 Å². The van der Waals surface area contributed by atoms with E-state index < -0.39 is 16.1 Å². The highest BCUT2D eigenvalue weighted by Crippen LogP contribution is 2.50. The standard InChI is InChI=1S/C35H40N6O5S2/c1-19(2)23-18-48(42,43)32-29(27-17-21-10-14-37-33(31(21)47-27)39-25-9-8-24-22(25)5-4-13-36-24)28(34-40-41-35(44-3)46-34)26(38-30(23)32)7-6-20-11-15-45-16-12-20/h4-5,10,13-14,17,19-20,23,25,34,40H,6-9,11-12,15-16,18H2,1-3H3,(H,37,39). The molecule has 0 saturated carbocycles. The molecular formula is C35H40N6O5S2. The summed E-state index contributed by atoms with van der Waals surface area (Å²) in [4.78, 5) is 15.7. The van der Waals surface area contributed by atoms with Crippen molar-refractivity contribution >= 4 is 43.2 Å². The SMILES string of the molecule is COC1=NNC(c2c(CCC3CCOCC3)nc3c(c2-c2cc4ccnc(NC5CCc6ncccc65)c4s2)S(=O)(=O)CC3C(C)C)O1.